The van der Waals surface area contributed by atoms with Crippen molar-refractivity contribution in [1.29, 1.82) is 0 Å². The van der Waals surface area contributed by atoms with Crippen molar-refractivity contribution < 1.29 is 19.1 Å². The van der Waals surface area contributed by atoms with Crippen LogP contribution < -0.4 is 20.1 Å². The number of rotatable bonds is 6. The molecule has 2 aromatic carbocycles. The Morgan fingerprint density at radius 2 is 1.77 bits per heavy atom. The molecule has 136 valence electrons. The van der Waals surface area contributed by atoms with Gasteiger partial charge in [0.1, 0.15) is 0 Å². The number of hydrogen-bond acceptors (Lipinski definition) is 4. The molecule has 0 aromatic heterocycles. The van der Waals surface area contributed by atoms with E-state index in [-0.39, 0.29) is 24.4 Å². The Balaban J connectivity index is 1.61. The van der Waals surface area contributed by atoms with Gasteiger partial charge < -0.3 is 20.1 Å². The van der Waals surface area contributed by atoms with E-state index in [9.17, 15) is 9.59 Å². The van der Waals surface area contributed by atoms with Gasteiger partial charge in [-0.2, -0.15) is 0 Å². The molecule has 6 nitrogen and oxygen atoms in total. The van der Waals surface area contributed by atoms with Crippen LogP contribution in [0.25, 0.3) is 0 Å². The van der Waals surface area contributed by atoms with Gasteiger partial charge >= 0.3 is 0 Å². The summed E-state index contributed by atoms with van der Waals surface area (Å²) in [7, 11) is 3.19. The van der Waals surface area contributed by atoms with Crippen LogP contribution in [0, 0.1) is 0 Å². The summed E-state index contributed by atoms with van der Waals surface area (Å²) in [5.74, 6) is 0.846. The third-order valence-corrected chi connectivity index (χ3v) is 4.50. The van der Waals surface area contributed by atoms with E-state index in [1.807, 2.05) is 18.2 Å². The first kappa shape index (κ1) is 17.8. The molecule has 0 aliphatic heterocycles. The van der Waals surface area contributed by atoms with Gasteiger partial charge in [-0.1, -0.05) is 18.2 Å². The number of fused-ring (bicyclic) bond motifs is 1. The van der Waals surface area contributed by atoms with E-state index in [4.69, 9.17) is 9.47 Å². The average molecular weight is 354 g/mol. The molecule has 1 aliphatic carbocycles. The second kappa shape index (κ2) is 7.91. The van der Waals surface area contributed by atoms with Gasteiger partial charge in [-0.15, -0.1) is 0 Å². The Bertz CT molecular complexity index is 805. The molecule has 6 heteroatoms. The van der Waals surface area contributed by atoms with Crippen molar-refractivity contribution in [2.75, 3.05) is 20.8 Å². The zero-order valence-corrected chi connectivity index (χ0v) is 14.9. The van der Waals surface area contributed by atoms with Crippen molar-refractivity contribution in [1.82, 2.24) is 10.6 Å². The lowest BCUT2D eigenvalue weighted by atomic mass is 10.1. The maximum atomic E-state index is 12.2. The fourth-order valence-corrected chi connectivity index (χ4v) is 3.18. The second-order valence-electron chi connectivity index (χ2n) is 6.11. The molecule has 0 heterocycles. The maximum absolute atomic E-state index is 12.2. The number of benzene rings is 2. The van der Waals surface area contributed by atoms with Crippen molar-refractivity contribution in [3.8, 4) is 11.5 Å². The first-order chi connectivity index (χ1) is 12.6. The number of methoxy groups -OCH3 is 2. The highest BCUT2D eigenvalue weighted by Crippen LogP contribution is 2.39. The van der Waals surface area contributed by atoms with E-state index in [2.05, 4.69) is 10.6 Å². The third-order valence-electron chi connectivity index (χ3n) is 4.50. The minimum absolute atomic E-state index is 0.0626. The van der Waals surface area contributed by atoms with Gasteiger partial charge in [0.15, 0.2) is 11.5 Å². The molecule has 0 bridgehead atoms. The molecule has 2 N–H and O–H groups in total. The van der Waals surface area contributed by atoms with E-state index < -0.39 is 0 Å². The number of amides is 2. The van der Waals surface area contributed by atoms with Crippen molar-refractivity contribution in [2.45, 2.75) is 18.9 Å². The van der Waals surface area contributed by atoms with E-state index in [0.717, 1.165) is 24.0 Å². The zero-order valence-electron chi connectivity index (χ0n) is 14.9. The highest BCUT2D eigenvalue weighted by Gasteiger charge is 2.26. The van der Waals surface area contributed by atoms with Gasteiger partial charge in [0, 0.05) is 5.56 Å². The molecule has 1 unspecified atom stereocenters. The smallest absolute Gasteiger partial charge is 0.251 e. The van der Waals surface area contributed by atoms with E-state index >= 15 is 0 Å². The molecule has 2 aromatic rings. The van der Waals surface area contributed by atoms with Crippen LogP contribution in [-0.4, -0.2) is 32.6 Å². The summed E-state index contributed by atoms with van der Waals surface area (Å²) in [6.07, 6.45) is 1.67. The number of aryl methyl sites for hydroxylation is 1. The lowest BCUT2D eigenvalue weighted by Crippen LogP contribution is -2.38. The largest absolute Gasteiger partial charge is 0.493 e. The van der Waals surface area contributed by atoms with Gasteiger partial charge in [-0.25, -0.2) is 0 Å². The van der Waals surface area contributed by atoms with Gasteiger partial charge in [-0.05, 0) is 48.2 Å². The van der Waals surface area contributed by atoms with Crippen LogP contribution in [-0.2, 0) is 11.2 Å². The summed E-state index contributed by atoms with van der Waals surface area (Å²) in [4.78, 5) is 24.3. The summed E-state index contributed by atoms with van der Waals surface area (Å²) < 4.78 is 10.7. The van der Waals surface area contributed by atoms with E-state index in [0.29, 0.717) is 17.1 Å². The van der Waals surface area contributed by atoms with Gasteiger partial charge in [0.05, 0.1) is 26.8 Å². The number of nitrogens with one attached hydrogen (secondary N) is 2. The zero-order chi connectivity index (χ0) is 18.5. The molecule has 1 aliphatic rings. The fourth-order valence-electron chi connectivity index (χ4n) is 3.18. The van der Waals surface area contributed by atoms with Gasteiger partial charge in [-0.3, -0.25) is 9.59 Å². The van der Waals surface area contributed by atoms with Crippen LogP contribution in [0.2, 0.25) is 0 Å². The van der Waals surface area contributed by atoms with Crippen LogP contribution in [0.3, 0.4) is 0 Å². The normalized spacial score (nSPS) is 15.1. The molecule has 26 heavy (non-hydrogen) atoms. The van der Waals surface area contributed by atoms with Crippen molar-refractivity contribution in [3.05, 3.63) is 59.2 Å². The summed E-state index contributed by atoms with van der Waals surface area (Å²) in [5.41, 5.74) is 2.70. The lowest BCUT2D eigenvalue weighted by Gasteiger charge is -2.16. The SMILES string of the molecule is COc1cc2c(cc1OC)C(NC(=O)CNC(=O)c1ccccc1)CC2. The quantitative estimate of drug-likeness (QED) is 0.834. The molecular weight excluding hydrogens is 332 g/mol. The number of hydrogen-bond donors (Lipinski definition) is 2. The summed E-state index contributed by atoms with van der Waals surface area (Å²) in [6, 6.07) is 12.6. The molecule has 0 radical (unpaired) electrons. The molecule has 0 spiro atoms. The first-order valence-corrected chi connectivity index (χ1v) is 8.49. The maximum Gasteiger partial charge on any atom is 0.251 e. The van der Waals surface area contributed by atoms with Crippen molar-refractivity contribution in [3.63, 3.8) is 0 Å². The highest BCUT2D eigenvalue weighted by atomic mass is 16.5. The monoisotopic (exact) mass is 354 g/mol. The molecule has 0 fully saturated rings. The Kier molecular flexibility index (Phi) is 5.41. The van der Waals surface area contributed by atoms with Crippen LogP contribution >= 0.6 is 0 Å². The van der Waals surface area contributed by atoms with Crippen molar-refractivity contribution in [2.24, 2.45) is 0 Å². The van der Waals surface area contributed by atoms with E-state index in [1.165, 1.54) is 0 Å². The fraction of sp³-hybridized carbons (Fsp3) is 0.300. The number of ether oxygens (including phenoxy) is 2. The summed E-state index contributed by atoms with van der Waals surface area (Å²) in [6.45, 7) is -0.0626. The molecule has 3 rings (SSSR count). The predicted octanol–water partition coefficient (Wildman–Crippen LogP) is 2.24. The first-order valence-electron chi connectivity index (χ1n) is 8.49. The van der Waals surface area contributed by atoms with Crippen molar-refractivity contribution >= 4 is 11.8 Å². The van der Waals surface area contributed by atoms with Crippen LogP contribution in [0.4, 0.5) is 0 Å². The highest BCUT2D eigenvalue weighted by molar-refractivity contribution is 5.96. The number of carbonyl (C=O) groups is 2. The van der Waals surface area contributed by atoms with Crippen LogP contribution in [0.5, 0.6) is 11.5 Å². The minimum Gasteiger partial charge on any atom is -0.493 e. The second-order valence-corrected chi connectivity index (χ2v) is 6.11. The third kappa shape index (κ3) is 3.79. The number of carbonyl (C=O) groups excluding carboxylic acids is 2. The summed E-state index contributed by atoms with van der Waals surface area (Å²) >= 11 is 0. The predicted molar refractivity (Wildman–Crippen MR) is 97.5 cm³/mol. The molecule has 2 amide bonds. The van der Waals surface area contributed by atoms with Gasteiger partial charge in [0.2, 0.25) is 5.91 Å². The topological polar surface area (TPSA) is 76.7 Å². The lowest BCUT2D eigenvalue weighted by molar-refractivity contribution is -0.120. The molecular formula is C20H22N2O4. The Hall–Kier alpha value is -3.02. The standard InChI is InChI=1S/C20H22N2O4/c1-25-17-10-14-8-9-16(15(14)11-18(17)26-2)22-19(23)12-21-20(24)13-6-4-3-5-7-13/h3-7,10-11,16H,8-9,12H2,1-2H3,(H,21,24)(H,22,23). The molecule has 0 saturated carbocycles. The molecule has 1 atom stereocenters. The Morgan fingerprint density at radius 3 is 2.46 bits per heavy atom. The Labute approximate surface area is 152 Å². The van der Waals surface area contributed by atoms with Crippen LogP contribution in [0.1, 0.15) is 33.9 Å². The average Bonchev–Trinajstić information content (AvgIpc) is 3.07. The van der Waals surface area contributed by atoms with Gasteiger partial charge in [0.25, 0.3) is 5.91 Å². The van der Waals surface area contributed by atoms with Crippen LogP contribution in [0.15, 0.2) is 42.5 Å². The van der Waals surface area contributed by atoms with E-state index in [1.54, 1.807) is 38.5 Å². The Morgan fingerprint density at radius 1 is 1.08 bits per heavy atom. The minimum atomic E-state index is -0.265. The summed E-state index contributed by atoms with van der Waals surface area (Å²) in [5, 5.41) is 5.62. The molecule has 0 saturated heterocycles.